The number of benzene rings is 2. The number of nitrogens with zero attached hydrogens (tertiary/aromatic N) is 5. The van der Waals surface area contributed by atoms with Crippen molar-refractivity contribution in [2.45, 2.75) is 13.3 Å². The highest BCUT2D eigenvalue weighted by molar-refractivity contribution is 5.89. The molecule has 5 nitrogen and oxygen atoms in total. The predicted molar refractivity (Wildman–Crippen MR) is 107 cm³/mol. The van der Waals surface area contributed by atoms with Gasteiger partial charge in [0.2, 0.25) is 0 Å². The second-order valence-corrected chi connectivity index (χ2v) is 6.45. The maximum absolute atomic E-state index is 14.4. The van der Waals surface area contributed by atoms with Crippen molar-refractivity contribution in [3.63, 3.8) is 0 Å². The standard InChI is InChI=1S/C22H16FN5/c1-2-20-25-18-13-24-12-11-19(18)28(20)22-15-8-4-6-10-17(15)26-21(27-22)14-7-3-5-9-16(14)23/h3-13H,2H2,1H3. The van der Waals surface area contributed by atoms with Crippen LogP contribution in [-0.2, 0) is 6.42 Å². The molecule has 28 heavy (non-hydrogen) atoms. The van der Waals surface area contributed by atoms with Gasteiger partial charge in [-0.2, -0.15) is 0 Å². The van der Waals surface area contributed by atoms with Gasteiger partial charge in [0.05, 0.1) is 22.8 Å². The van der Waals surface area contributed by atoms with Crippen LogP contribution >= 0.6 is 0 Å². The number of hydrogen-bond acceptors (Lipinski definition) is 4. The van der Waals surface area contributed by atoms with E-state index in [0.717, 1.165) is 34.2 Å². The average molecular weight is 369 g/mol. The second-order valence-electron chi connectivity index (χ2n) is 6.45. The van der Waals surface area contributed by atoms with Crippen LogP contribution in [0.15, 0.2) is 67.0 Å². The van der Waals surface area contributed by atoms with Crippen LogP contribution in [0.3, 0.4) is 0 Å². The molecule has 0 amide bonds. The molecule has 0 bridgehead atoms. The first-order chi connectivity index (χ1) is 13.8. The van der Waals surface area contributed by atoms with Gasteiger partial charge in [-0.15, -0.1) is 0 Å². The number of fused-ring (bicyclic) bond motifs is 2. The van der Waals surface area contributed by atoms with Gasteiger partial charge in [0.25, 0.3) is 0 Å². The lowest BCUT2D eigenvalue weighted by molar-refractivity contribution is 0.630. The Morgan fingerprint density at radius 2 is 1.71 bits per heavy atom. The largest absolute Gasteiger partial charge is 0.280 e. The quantitative estimate of drug-likeness (QED) is 0.461. The smallest absolute Gasteiger partial charge is 0.165 e. The van der Waals surface area contributed by atoms with Crippen LogP contribution in [0, 0.1) is 5.82 Å². The topological polar surface area (TPSA) is 56.5 Å². The summed E-state index contributed by atoms with van der Waals surface area (Å²) in [5.41, 5.74) is 2.84. The molecule has 3 heterocycles. The van der Waals surface area contributed by atoms with E-state index in [1.807, 2.05) is 41.8 Å². The number of pyridine rings is 1. The zero-order valence-electron chi connectivity index (χ0n) is 15.2. The summed E-state index contributed by atoms with van der Waals surface area (Å²) in [7, 11) is 0. The third kappa shape index (κ3) is 2.53. The molecule has 0 unspecified atom stereocenters. The lowest BCUT2D eigenvalue weighted by Crippen LogP contribution is -2.06. The summed E-state index contributed by atoms with van der Waals surface area (Å²) in [5, 5.41) is 0.883. The van der Waals surface area contributed by atoms with Gasteiger partial charge in [-0.05, 0) is 30.3 Å². The Morgan fingerprint density at radius 1 is 0.893 bits per heavy atom. The Labute approximate surface area is 160 Å². The molecule has 0 atom stereocenters. The molecule has 0 saturated heterocycles. The van der Waals surface area contributed by atoms with Crippen LogP contribution in [0.1, 0.15) is 12.7 Å². The molecule has 3 aromatic heterocycles. The molecule has 0 N–H and O–H groups in total. The maximum atomic E-state index is 14.4. The lowest BCUT2D eigenvalue weighted by Gasteiger charge is -2.13. The predicted octanol–water partition coefficient (Wildman–Crippen LogP) is 4.73. The summed E-state index contributed by atoms with van der Waals surface area (Å²) in [6.07, 6.45) is 4.20. The summed E-state index contributed by atoms with van der Waals surface area (Å²) in [6.45, 7) is 2.05. The summed E-state index contributed by atoms with van der Waals surface area (Å²) in [5.74, 6) is 1.56. The van der Waals surface area contributed by atoms with Crippen LogP contribution in [0.25, 0.3) is 39.1 Å². The van der Waals surface area contributed by atoms with E-state index in [-0.39, 0.29) is 5.82 Å². The van der Waals surface area contributed by atoms with E-state index in [0.29, 0.717) is 17.2 Å². The number of para-hydroxylation sites is 1. The van der Waals surface area contributed by atoms with Gasteiger partial charge >= 0.3 is 0 Å². The molecule has 0 fully saturated rings. The van der Waals surface area contributed by atoms with Crippen molar-refractivity contribution >= 4 is 21.9 Å². The van der Waals surface area contributed by atoms with E-state index in [1.165, 1.54) is 6.07 Å². The van der Waals surface area contributed by atoms with Crippen LogP contribution in [0.2, 0.25) is 0 Å². The molecule has 5 aromatic rings. The van der Waals surface area contributed by atoms with Crippen LogP contribution in [-0.4, -0.2) is 24.5 Å². The normalized spacial score (nSPS) is 11.4. The minimum Gasteiger partial charge on any atom is -0.280 e. The highest BCUT2D eigenvalue weighted by Crippen LogP contribution is 2.29. The minimum absolute atomic E-state index is 0.348. The summed E-state index contributed by atoms with van der Waals surface area (Å²) in [6, 6.07) is 16.2. The number of halogens is 1. The zero-order valence-corrected chi connectivity index (χ0v) is 15.2. The van der Waals surface area contributed by atoms with Crippen molar-refractivity contribution in [1.29, 1.82) is 0 Å². The average Bonchev–Trinajstić information content (AvgIpc) is 3.12. The van der Waals surface area contributed by atoms with E-state index >= 15 is 0 Å². The van der Waals surface area contributed by atoms with E-state index < -0.39 is 0 Å². The summed E-state index contributed by atoms with van der Waals surface area (Å²) >= 11 is 0. The van der Waals surface area contributed by atoms with Crippen LogP contribution < -0.4 is 0 Å². The van der Waals surface area contributed by atoms with Crippen LogP contribution in [0.5, 0.6) is 0 Å². The number of aryl methyl sites for hydroxylation is 1. The first-order valence-corrected chi connectivity index (χ1v) is 9.09. The number of rotatable bonds is 3. The van der Waals surface area contributed by atoms with Crippen molar-refractivity contribution in [2.75, 3.05) is 0 Å². The fourth-order valence-corrected chi connectivity index (χ4v) is 3.45. The highest BCUT2D eigenvalue weighted by Gasteiger charge is 2.18. The Kier molecular flexibility index (Phi) is 3.83. The van der Waals surface area contributed by atoms with Crippen molar-refractivity contribution in [3.8, 4) is 17.2 Å². The molecule has 5 rings (SSSR count). The van der Waals surface area contributed by atoms with Gasteiger partial charge in [0.1, 0.15) is 17.2 Å². The van der Waals surface area contributed by atoms with Crippen molar-refractivity contribution in [3.05, 3.63) is 78.6 Å². The van der Waals surface area contributed by atoms with Gasteiger partial charge in [-0.25, -0.2) is 19.3 Å². The van der Waals surface area contributed by atoms with Gasteiger partial charge in [-0.3, -0.25) is 9.55 Å². The zero-order chi connectivity index (χ0) is 19.1. The van der Waals surface area contributed by atoms with Gasteiger partial charge in [-0.1, -0.05) is 31.2 Å². The molecule has 136 valence electrons. The van der Waals surface area contributed by atoms with Gasteiger partial charge in [0, 0.05) is 18.0 Å². The first kappa shape index (κ1) is 16.5. The second kappa shape index (κ2) is 6.49. The molecule has 0 aliphatic heterocycles. The molecule has 0 radical (unpaired) electrons. The molecule has 6 heteroatoms. The fourth-order valence-electron chi connectivity index (χ4n) is 3.45. The van der Waals surface area contributed by atoms with E-state index in [9.17, 15) is 4.39 Å². The minimum atomic E-state index is -0.348. The lowest BCUT2D eigenvalue weighted by atomic mass is 10.1. The Balaban J connectivity index is 1.89. The van der Waals surface area contributed by atoms with Crippen molar-refractivity contribution in [1.82, 2.24) is 24.5 Å². The van der Waals surface area contributed by atoms with Crippen LogP contribution in [0.4, 0.5) is 4.39 Å². The Hall–Kier alpha value is -3.67. The summed E-state index contributed by atoms with van der Waals surface area (Å²) in [4.78, 5) is 18.3. The third-order valence-electron chi connectivity index (χ3n) is 4.75. The fraction of sp³-hybridized carbons (Fsp3) is 0.0909. The molecular weight excluding hydrogens is 353 g/mol. The number of imidazole rings is 1. The maximum Gasteiger partial charge on any atom is 0.165 e. The van der Waals surface area contributed by atoms with E-state index in [1.54, 1.807) is 30.6 Å². The van der Waals surface area contributed by atoms with Gasteiger partial charge in [0.15, 0.2) is 11.6 Å². The molecule has 0 aliphatic carbocycles. The Morgan fingerprint density at radius 3 is 2.57 bits per heavy atom. The number of hydrogen-bond donors (Lipinski definition) is 0. The molecular formula is C22H16FN5. The molecule has 0 aliphatic rings. The molecule has 0 spiro atoms. The Bertz CT molecular complexity index is 1330. The molecule has 0 saturated carbocycles. The van der Waals surface area contributed by atoms with Crippen molar-refractivity contribution in [2.24, 2.45) is 0 Å². The first-order valence-electron chi connectivity index (χ1n) is 9.09. The van der Waals surface area contributed by atoms with Crippen molar-refractivity contribution < 1.29 is 4.39 Å². The monoisotopic (exact) mass is 369 g/mol. The molecule has 2 aromatic carbocycles. The number of aromatic nitrogens is 5. The SMILES string of the molecule is CCc1nc2cnccc2n1-c1nc(-c2ccccc2F)nc2ccccc12. The van der Waals surface area contributed by atoms with E-state index in [4.69, 9.17) is 9.97 Å². The van der Waals surface area contributed by atoms with E-state index in [2.05, 4.69) is 9.97 Å². The highest BCUT2D eigenvalue weighted by atomic mass is 19.1. The third-order valence-corrected chi connectivity index (χ3v) is 4.75. The summed E-state index contributed by atoms with van der Waals surface area (Å²) < 4.78 is 16.5. The van der Waals surface area contributed by atoms with Gasteiger partial charge < -0.3 is 0 Å².